The lowest BCUT2D eigenvalue weighted by atomic mass is 9.95. The quantitative estimate of drug-likeness (QED) is 0.888. The summed E-state index contributed by atoms with van der Waals surface area (Å²) in [6.45, 7) is 8.47. The lowest BCUT2D eigenvalue weighted by Gasteiger charge is -2.30. The second kappa shape index (κ2) is 7.35. The van der Waals surface area contributed by atoms with Gasteiger partial charge in [-0.3, -0.25) is 9.59 Å². The molecular formula is C19H26N4O2. The van der Waals surface area contributed by atoms with E-state index in [0.717, 1.165) is 19.5 Å². The third-order valence-corrected chi connectivity index (χ3v) is 4.72. The Morgan fingerprint density at radius 3 is 2.76 bits per heavy atom. The van der Waals surface area contributed by atoms with Crippen LogP contribution in [0.5, 0.6) is 0 Å². The first-order valence-electron chi connectivity index (χ1n) is 8.98. The van der Waals surface area contributed by atoms with Crippen LogP contribution >= 0.6 is 0 Å². The molecule has 2 atom stereocenters. The number of carbonyl (C=O) groups is 1. The minimum Gasteiger partial charge on any atom is -0.348 e. The number of nitrogens with one attached hydrogen (secondary N) is 2. The number of aromatic nitrogens is 2. The Bertz CT molecular complexity index is 828. The van der Waals surface area contributed by atoms with Gasteiger partial charge in [0.15, 0.2) is 5.69 Å². The molecule has 2 aromatic rings. The number of hydrogen-bond acceptors (Lipinski definition) is 4. The molecule has 1 aromatic heterocycles. The lowest BCUT2D eigenvalue weighted by Crippen LogP contribution is -2.48. The maximum absolute atomic E-state index is 12.9. The Kier molecular flexibility index (Phi) is 5.18. The predicted octanol–water partition coefficient (Wildman–Crippen LogP) is 1.78. The monoisotopic (exact) mass is 342 g/mol. The Hall–Kier alpha value is -2.21. The average molecular weight is 342 g/mol. The molecule has 1 aliphatic heterocycles. The summed E-state index contributed by atoms with van der Waals surface area (Å²) < 4.78 is 1.42. The first-order chi connectivity index (χ1) is 12.0. The number of rotatable bonds is 4. The smallest absolute Gasteiger partial charge is 0.274 e. The van der Waals surface area contributed by atoms with Crippen LogP contribution in [0.3, 0.4) is 0 Å². The van der Waals surface area contributed by atoms with Gasteiger partial charge < -0.3 is 10.6 Å². The van der Waals surface area contributed by atoms with Crippen LogP contribution in [0.2, 0.25) is 0 Å². The van der Waals surface area contributed by atoms with E-state index in [4.69, 9.17) is 0 Å². The summed E-state index contributed by atoms with van der Waals surface area (Å²) in [4.78, 5) is 25.6. The highest BCUT2D eigenvalue weighted by molar-refractivity contribution is 6.04. The number of hydrogen-bond donors (Lipinski definition) is 2. The standard InChI is InChI=1S/C19H26N4O2/c1-12(2)11-23-19(25)15-7-5-4-6-14(15)17(22-23)18(24)21-16-8-9-20-10-13(16)3/h4-7,12-13,16,20H,8-11H2,1-3H3,(H,21,24). The van der Waals surface area contributed by atoms with E-state index in [1.54, 1.807) is 12.1 Å². The molecule has 134 valence electrons. The summed E-state index contributed by atoms with van der Waals surface area (Å²) in [5.74, 6) is 0.435. The molecule has 6 heteroatoms. The summed E-state index contributed by atoms with van der Waals surface area (Å²) in [5, 5.41) is 12.0. The van der Waals surface area contributed by atoms with E-state index < -0.39 is 0 Å². The summed E-state index contributed by atoms with van der Waals surface area (Å²) in [6, 6.07) is 7.34. The number of benzene rings is 1. The van der Waals surface area contributed by atoms with Crippen molar-refractivity contribution >= 4 is 16.7 Å². The number of piperidine rings is 1. The van der Waals surface area contributed by atoms with Crippen LogP contribution in [0, 0.1) is 11.8 Å². The Labute approximate surface area is 147 Å². The van der Waals surface area contributed by atoms with Gasteiger partial charge in [-0.25, -0.2) is 4.68 Å². The first kappa shape index (κ1) is 17.6. The third-order valence-electron chi connectivity index (χ3n) is 4.72. The molecule has 1 amide bonds. The van der Waals surface area contributed by atoms with Gasteiger partial charge in [0.2, 0.25) is 0 Å². The first-order valence-corrected chi connectivity index (χ1v) is 8.98. The fourth-order valence-corrected chi connectivity index (χ4v) is 3.34. The van der Waals surface area contributed by atoms with Gasteiger partial charge >= 0.3 is 0 Å². The fourth-order valence-electron chi connectivity index (χ4n) is 3.34. The molecule has 0 bridgehead atoms. The van der Waals surface area contributed by atoms with Crippen molar-refractivity contribution in [3.63, 3.8) is 0 Å². The zero-order chi connectivity index (χ0) is 18.0. The molecule has 0 saturated carbocycles. The van der Waals surface area contributed by atoms with E-state index in [9.17, 15) is 9.59 Å². The van der Waals surface area contributed by atoms with Crippen molar-refractivity contribution in [2.75, 3.05) is 13.1 Å². The van der Waals surface area contributed by atoms with Gasteiger partial charge in [0.25, 0.3) is 11.5 Å². The molecule has 0 spiro atoms. The maximum atomic E-state index is 12.9. The summed E-state index contributed by atoms with van der Waals surface area (Å²) in [6.07, 6.45) is 0.899. The molecule has 1 saturated heterocycles. The number of amides is 1. The molecule has 6 nitrogen and oxygen atoms in total. The highest BCUT2D eigenvalue weighted by Crippen LogP contribution is 2.16. The molecule has 0 radical (unpaired) electrons. The minimum atomic E-state index is -0.201. The molecular weight excluding hydrogens is 316 g/mol. The number of fused-ring (bicyclic) bond motifs is 1. The van der Waals surface area contributed by atoms with Crippen molar-refractivity contribution in [2.24, 2.45) is 11.8 Å². The molecule has 1 fully saturated rings. The van der Waals surface area contributed by atoms with Crippen LogP contribution in [-0.4, -0.2) is 34.8 Å². The van der Waals surface area contributed by atoms with Gasteiger partial charge in [0.1, 0.15) is 0 Å². The van der Waals surface area contributed by atoms with E-state index in [1.165, 1.54) is 4.68 Å². The Morgan fingerprint density at radius 2 is 2.08 bits per heavy atom. The van der Waals surface area contributed by atoms with E-state index in [-0.39, 0.29) is 23.4 Å². The molecule has 3 rings (SSSR count). The molecule has 2 heterocycles. The molecule has 1 aliphatic rings. The van der Waals surface area contributed by atoms with Gasteiger partial charge in [-0.15, -0.1) is 0 Å². The predicted molar refractivity (Wildman–Crippen MR) is 98.7 cm³/mol. The third kappa shape index (κ3) is 3.74. The van der Waals surface area contributed by atoms with Crippen LogP contribution in [0.15, 0.2) is 29.1 Å². The molecule has 0 aliphatic carbocycles. The second-order valence-corrected chi connectivity index (χ2v) is 7.33. The van der Waals surface area contributed by atoms with E-state index >= 15 is 0 Å². The van der Waals surface area contributed by atoms with Crippen molar-refractivity contribution in [3.8, 4) is 0 Å². The number of carbonyl (C=O) groups excluding carboxylic acids is 1. The highest BCUT2D eigenvalue weighted by Gasteiger charge is 2.25. The Morgan fingerprint density at radius 1 is 1.36 bits per heavy atom. The van der Waals surface area contributed by atoms with E-state index in [0.29, 0.717) is 28.9 Å². The van der Waals surface area contributed by atoms with Crippen molar-refractivity contribution in [2.45, 2.75) is 39.8 Å². The SMILES string of the molecule is CC(C)Cn1nc(C(=O)NC2CCNCC2C)c2ccccc2c1=O. The van der Waals surface area contributed by atoms with Crippen molar-refractivity contribution < 1.29 is 4.79 Å². The van der Waals surface area contributed by atoms with Gasteiger partial charge in [-0.05, 0) is 37.4 Å². The largest absolute Gasteiger partial charge is 0.348 e. The van der Waals surface area contributed by atoms with Gasteiger partial charge in [0, 0.05) is 18.0 Å². The van der Waals surface area contributed by atoms with E-state index in [1.807, 2.05) is 26.0 Å². The normalized spacial score (nSPS) is 20.8. The highest BCUT2D eigenvalue weighted by atomic mass is 16.2. The van der Waals surface area contributed by atoms with Crippen molar-refractivity contribution in [1.29, 1.82) is 0 Å². The Balaban J connectivity index is 2.00. The topological polar surface area (TPSA) is 76.0 Å². The van der Waals surface area contributed by atoms with Crippen LogP contribution in [0.25, 0.3) is 10.8 Å². The minimum absolute atomic E-state index is 0.125. The summed E-state index contributed by atoms with van der Waals surface area (Å²) >= 11 is 0. The van der Waals surface area contributed by atoms with Gasteiger partial charge in [0.05, 0.1) is 5.39 Å². The van der Waals surface area contributed by atoms with Gasteiger partial charge in [-0.1, -0.05) is 39.0 Å². The maximum Gasteiger partial charge on any atom is 0.274 e. The van der Waals surface area contributed by atoms with Crippen LogP contribution in [0.1, 0.15) is 37.7 Å². The molecule has 1 aromatic carbocycles. The molecule has 2 unspecified atom stereocenters. The molecule has 2 N–H and O–H groups in total. The average Bonchev–Trinajstić information content (AvgIpc) is 2.59. The van der Waals surface area contributed by atoms with Crippen LogP contribution in [0.4, 0.5) is 0 Å². The van der Waals surface area contributed by atoms with Crippen molar-refractivity contribution in [3.05, 3.63) is 40.3 Å². The second-order valence-electron chi connectivity index (χ2n) is 7.33. The van der Waals surface area contributed by atoms with Gasteiger partial charge in [-0.2, -0.15) is 5.10 Å². The molecule has 25 heavy (non-hydrogen) atoms. The summed E-state index contributed by atoms with van der Waals surface area (Å²) in [5.41, 5.74) is 0.192. The fraction of sp³-hybridized carbons (Fsp3) is 0.526. The lowest BCUT2D eigenvalue weighted by molar-refractivity contribution is 0.0908. The van der Waals surface area contributed by atoms with E-state index in [2.05, 4.69) is 22.7 Å². The number of nitrogens with zero attached hydrogens (tertiary/aromatic N) is 2. The van der Waals surface area contributed by atoms with Crippen molar-refractivity contribution in [1.82, 2.24) is 20.4 Å². The zero-order valence-corrected chi connectivity index (χ0v) is 15.1. The summed E-state index contributed by atoms with van der Waals surface area (Å²) in [7, 11) is 0. The zero-order valence-electron chi connectivity index (χ0n) is 15.1. The van der Waals surface area contributed by atoms with Crippen LogP contribution in [-0.2, 0) is 6.54 Å². The van der Waals surface area contributed by atoms with Crippen LogP contribution < -0.4 is 16.2 Å².